The molecule has 5 nitrogen and oxygen atoms in total. The molecule has 0 atom stereocenters. The standard InChI is InChI=1S/C14H12ClFN2O3/c1-7(2)13-17-6-11(12(18-13)14(19)20)21-8-3-4-10(16)9(15)5-8/h3-7H,1-2H3,(H,19,20). The molecule has 1 heterocycles. The monoisotopic (exact) mass is 310 g/mol. The number of carboxylic acid groups (broad SMARTS) is 1. The van der Waals surface area contributed by atoms with E-state index in [0.29, 0.717) is 5.82 Å². The third kappa shape index (κ3) is 3.46. The van der Waals surface area contributed by atoms with Crippen molar-refractivity contribution in [1.82, 2.24) is 9.97 Å². The quantitative estimate of drug-likeness (QED) is 0.927. The van der Waals surface area contributed by atoms with E-state index in [1.165, 1.54) is 18.3 Å². The van der Waals surface area contributed by atoms with Crippen LogP contribution >= 0.6 is 11.6 Å². The molecule has 7 heteroatoms. The Morgan fingerprint density at radius 1 is 1.43 bits per heavy atom. The largest absolute Gasteiger partial charge is 0.476 e. The van der Waals surface area contributed by atoms with Gasteiger partial charge in [-0.2, -0.15) is 0 Å². The average Bonchev–Trinajstić information content (AvgIpc) is 2.43. The number of hydrogen-bond acceptors (Lipinski definition) is 4. The molecular formula is C14H12ClFN2O3. The molecule has 21 heavy (non-hydrogen) atoms. The van der Waals surface area contributed by atoms with Gasteiger partial charge in [0.25, 0.3) is 0 Å². The third-order valence-corrected chi connectivity index (χ3v) is 2.90. The van der Waals surface area contributed by atoms with Gasteiger partial charge in [0, 0.05) is 12.0 Å². The van der Waals surface area contributed by atoms with Crippen molar-refractivity contribution in [3.63, 3.8) is 0 Å². The fourth-order valence-corrected chi connectivity index (χ4v) is 1.73. The number of rotatable bonds is 4. The molecule has 2 aromatic rings. The molecule has 1 aromatic carbocycles. The van der Waals surface area contributed by atoms with Gasteiger partial charge in [-0.3, -0.25) is 0 Å². The van der Waals surface area contributed by atoms with Crippen molar-refractivity contribution in [1.29, 1.82) is 0 Å². The first-order chi connectivity index (χ1) is 9.88. The molecule has 0 saturated heterocycles. The summed E-state index contributed by atoms with van der Waals surface area (Å²) in [5, 5.41) is 9.07. The minimum absolute atomic E-state index is 0.0163. The highest BCUT2D eigenvalue weighted by atomic mass is 35.5. The van der Waals surface area contributed by atoms with Crippen molar-refractivity contribution >= 4 is 17.6 Å². The van der Waals surface area contributed by atoms with Gasteiger partial charge in [0.2, 0.25) is 0 Å². The molecule has 0 saturated carbocycles. The predicted molar refractivity (Wildman–Crippen MR) is 74.6 cm³/mol. The maximum atomic E-state index is 13.1. The highest BCUT2D eigenvalue weighted by Gasteiger charge is 2.17. The lowest BCUT2D eigenvalue weighted by Gasteiger charge is -2.10. The third-order valence-electron chi connectivity index (χ3n) is 2.61. The first-order valence-corrected chi connectivity index (χ1v) is 6.49. The Morgan fingerprint density at radius 2 is 2.14 bits per heavy atom. The zero-order valence-electron chi connectivity index (χ0n) is 11.3. The number of hydrogen-bond donors (Lipinski definition) is 1. The van der Waals surface area contributed by atoms with Crippen molar-refractivity contribution < 1.29 is 19.0 Å². The van der Waals surface area contributed by atoms with Crippen molar-refractivity contribution in [3.05, 3.63) is 46.8 Å². The normalized spacial score (nSPS) is 10.7. The summed E-state index contributed by atoms with van der Waals surface area (Å²) < 4.78 is 18.5. The molecule has 0 spiro atoms. The van der Waals surface area contributed by atoms with Gasteiger partial charge in [0.1, 0.15) is 17.4 Å². The van der Waals surface area contributed by atoms with E-state index in [1.807, 2.05) is 13.8 Å². The second-order valence-corrected chi connectivity index (χ2v) is 4.99. The topological polar surface area (TPSA) is 72.3 Å². The Morgan fingerprint density at radius 3 is 2.71 bits per heavy atom. The van der Waals surface area contributed by atoms with Crippen LogP contribution in [0.15, 0.2) is 24.4 Å². The van der Waals surface area contributed by atoms with Crippen molar-refractivity contribution in [2.45, 2.75) is 19.8 Å². The van der Waals surface area contributed by atoms with E-state index in [-0.39, 0.29) is 28.1 Å². The lowest BCUT2D eigenvalue weighted by Crippen LogP contribution is -2.08. The van der Waals surface area contributed by atoms with Gasteiger partial charge in [-0.15, -0.1) is 0 Å². The first-order valence-electron chi connectivity index (χ1n) is 6.11. The molecule has 0 aliphatic rings. The molecule has 0 aliphatic carbocycles. The molecule has 0 radical (unpaired) electrons. The maximum absolute atomic E-state index is 13.1. The summed E-state index contributed by atoms with van der Waals surface area (Å²) in [5.74, 6) is -1.27. The number of carboxylic acids is 1. The number of nitrogens with zero attached hydrogens (tertiary/aromatic N) is 2. The fraction of sp³-hybridized carbons (Fsp3) is 0.214. The zero-order chi connectivity index (χ0) is 15.6. The molecule has 0 fully saturated rings. The van der Waals surface area contributed by atoms with E-state index in [9.17, 15) is 14.3 Å². The van der Waals surface area contributed by atoms with Crippen LogP contribution in [0.3, 0.4) is 0 Å². The average molecular weight is 311 g/mol. The lowest BCUT2D eigenvalue weighted by atomic mass is 10.2. The second-order valence-electron chi connectivity index (χ2n) is 4.58. The Balaban J connectivity index is 2.39. The van der Waals surface area contributed by atoms with Gasteiger partial charge in [-0.1, -0.05) is 25.4 Å². The zero-order valence-corrected chi connectivity index (χ0v) is 12.1. The Labute approximate surface area is 125 Å². The number of aromatic nitrogens is 2. The van der Waals surface area contributed by atoms with E-state index < -0.39 is 11.8 Å². The molecule has 0 bridgehead atoms. The van der Waals surface area contributed by atoms with Gasteiger partial charge >= 0.3 is 5.97 Å². The Kier molecular flexibility index (Phi) is 4.37. The Hall–Kier alpha value is -2.21. The molecule has 0 aliphatic heterocycles. The second kappa shape index (κ2) is 6.05. The van der Waals surface area contributed by atoms with Crippen LogP contribution in [-0.2, 0) is 0 Å². The highest BCUT2D eigenvalue weighted by molar-refractivity contribution is 6.30. The van der Waals surface area contributed by atoms with E-state index in [1.54, 1.807) is 0 Å². The number of ether oxygens (including phenoxy) is 1. The molecule has 2 rings (SSSR count). The fourth-order valence-electron chi connectivity index (χ4n) is 1.56. The van der Waals surface area contributed by atoms with Crippen LogP contribution in [0.4, 0.5) is 4.39 Å². The predicted octanol–water partition coefficient (Wildman–Crippen LogP) is 3.88. The number of halogens is 2. The summed E-state index contributed by atoms with van der Waals surface area (Å²) in [7, 11) is 0. The summed E-state index contributed by atoms with van der Waals surface area (Å²) >= 11 is 5.65. The summed E-state index contributed by atoms with van der Waals surface area (Å²) in [5.41, 5.74) is -0.255. The maximum Gasteiger partial charge on any atom is 0.358 e. The van der Waals surface area contributed by atoms with E-state index in [0.717, 1.165) is 6.07 Å². The number of carbonyl (C=O) groups is 1. The summed E-state index contributed by atoms with van der Waals surface area (Å²) in [6.45, 7) is 3.70. The molecule has 0 unspecified atom stereocenters. The van der Waals surface area contributed by atoms with Crippen molar-refractivity contribution in [2.75, 3.05) is 0 Å². The van der Waals surface area contributed by atoms with Gasteiger partial charge < -0.3 is 9.84 Å². The van der Waals surface area contributed by atoms with Crippen molar-refractivity contribution in [3.8, 4) is 11.5 Å². The van der Waals surface area contributed by atoms with Crippen LogP contribution in [0.2, 0.25) is 5.02 Å². The van der Waals surface area contributed by atoms with Gasteiger partial charge in [-0.05, 0) is 12.1 Å². The van der Waals surface area contributed by atoms with Crippen LogP contribution in [0.25, 0.3) is 0 Å². The van der Waals surface area contributed by atoms with Gasteiger partial charge in [0.05, 0.1) is 11.2 Å². The van der Waals surface area contributed by atoms with Crippen LogP contribution in [0, 0.1) is 5.82 Å². The minimum atomic E-state index is -1.23. The minimum Gasteiger partial charge on any atom is -0.476 e. The number of benzene rings is 1. The summed E-state index contributed by atoms with van der Waals surface area (Å²) in [4.78, 5) is 19.3. The first kappa shape index (κ1) is 15.2. The van der Waals surface area contributed by atoms with E-state index in [2.05, 4.69) is 9.97 Å². The molecule has 1 N–H and O–H groups in total. The van der Waals surface area contributed by atoms with Crippen molar-refractivity contribution in [2.24, 2.45) is 0 Å². The molecule has 0 amide bonds. The van der Waals surface area contributed by atoms with Crippen LogP contribution in [0.5, 0.6) is 11.5 Å². The Bertz CT molecular complexity index is 692. The molecular weight excluding hydrogens is 299 g/mol. The SMILES string of the molecule is CC(C)c1ncc(Oc2ccc(F)c(Cl)c2)c(C(=O)O)n1. The smallest absolute Gasteiger partial charge is 0.358 e. The van der Waals surface area contributed by atoms with Crippen LogP contribution in [-0.4, -0.2) is 21.0 Å². The lowest BCUT2D eigenvalue weighted by molar-refractivity contribution is 0.0686. The molecule has 1 aromatic heterocycles. The van der Waals surface area contributed by atoms with Crippen LogP contribution < -0.4 is 4.74 Å². The van der Waals surface area contributed by atoms with Crippen LogP contribution in [0.1, 0.15) is 36.1 Å². The number of aromatic carboxylic acids is 1. The highest BCUT2D eigenvalue weighted by Crippen LogP contribution is 2.28. The summed E-state index contributed by atoms with van der Waals surface area (Å²) in [6, 6.07) is 3.71. The molecule has 110 valence electrons. The van der Waals surface area contributed by atoms with Gasteiger partial charge in [-0.25, -0.2) is 19.2 Å². The van der Waals surface area contributed by atoms with E-state index >= 15 is 0 Å². The summed E-state index contributed by atoms with van der Waals surface area (Å²) in [6.07, 6.45) is 1.28. The van der Waals surface area contributed by atoms with Gasteiger partial charge in [0.15, 0.2) is 11.4 Å². The van der Waals surface area contributed by atoms with E-state index in [4.69, 9.17) is 16.3 Å².